The maximum absolute atomic E-state index is 14.7. The van der Waals surface area contributed by atoms with Crippen LogP contribution < -0.4 is 4.90 Å². The first-order valence-electron chi connectivity index (χ1n) is 11.4. The van der Waals surface area contributed by atoms with E-state index in [1.54, 1.807) is 21.9 Å². The highest BCUT2D eigenvalue weighted by Gasteiger charge is 2.39. The number of benzene rings is 1. The van der Waals surface area contributed by atoms with Gasteiger partial charge >= 0.3 is 6.18 Å². The number of carbonyl (C=O) groups is 1. The lowest BCUT2D eigenvalue weighted by Gasteiger charge is -2.43. The van der Waals surface area contributed by atoms with E-state index in [1.807, 2.05) is 13.8 Å². The van der Waals surface area contributed by atoms with Crippen molar-refractivity contribution in [2.75, 3.05) is 36.0 Å². The van der Waals surface area contributed by atoms with Gasteiger partial charge in [-0.2, -0.15) is 13.2 Å². The minimum absolute atomic E-state index is 0.0557. The molecule has 1 aromatic heterocycles. The lowest BCUT2D eigenvalue weighted by atomic mass is 9.96. The van der Waals surface area contributed by atoms with Gasteiger partial charge in [0.15, 0.2) is 0 Å². The smallest absolute Gasteiger partial charge is 0.337 e. The minimum Gasteiger partial charge on any atom is -0.337 e. The Labute approximate surface area is 202 Å². The summed E-state index contributed by atoms with van der Waals surface area (Å²) in [6, 6.07) is 5.27. The highest BCUT2D eigenvalue weighted by atomic mass is 32.2. The van der Waals surface area contributed by atoms with Crippen LogP contribution in [-0.2, 0) is 20.8 Å². The first-order valence-corrected chi connectivity index (χ1v) is 13.3. The zero-order valence-electron chi connectivity index (χ0n) is 19.5. The van der Waals surface area contributed by atoms with Crippen LogP contribution in [0.5, 0.6) is 0 Å². The number of carbonyl (C=O) groups excluding carboxylic acids is 1. The third-order valence-corrected chi connectivity index (χ3v) is 7.80. The van der Waals surface area contributed by atoms with Crippen LogP contribution in [0, 0.1) is 11.7 Å². The molecule has 0 N–H and O–H groups in total. The molecule has 0 aliphatic carbocycles. The summed E-state index contributed by atoms with van der Waals surface area (Å²) in [5.41, 5.74) is -0.705. The lowest BCUT2D eigenvalue weighted by Crippen LogP contribution is -2.53. The number of alkyl halides is 3. The molecule has 3 heterocycles. The van der Waals surface area contributed by atoms with Crippen molar-refractivity contribution in [1.82, 2.24) is 14.9 Å². The van der Waals surface area contributed by atoms with Crippen LogP contribution in [0.1, 0.15) is 43.9 Å². The van der Waals surface area contributed by atoms with Crippen LogP contribution in [0.4, 0.5) is 23.5 Å². The largest absolute Gasteiger partial charge is 0.419 e. The van der Waals surface area contributed by atoms with Crippen molar-refractivity contribution >= 4 is 21.7 Å². The molecule has 2 aliphatic rings. The van der Waals surface area contributed by atoms with Gasteiger partial charge in [-0.15, -0.1) is 0 Å². The standard InChI is InChI=1S/C21H22F4N4O3S.C2H6/c22-17-4-2-1-3-16(17)18-13-28(20-26-11-15(12-27-20)21(23,24)25)7-8-29(18)19(30)14-5-9-33(31,32)10-6-14;1-2/h1-4,11-12,14,18H,5-10,13H2;1-2H3. The molecule has 4 rings (SSSR count). The number of hydrogen-bond donors (Lipinski definition) is 0. The van der Waals surface area contributed by atoms with Gasteiger partial charge in [-0.1, -0.05) is 32.0 Å². The minimum atomic E-state index is -4.56. The third-order valence-electron chi connectivity index (χ3n) is 6.08. The lowest BCUT2D eigenvalue weighted by molar-refractivity contribution is -0.139. The normalized spacial score (nSPS) is 20.7. The molecule has 12 heteroatoms. The zero-order chi connectivity index (χ0) is 25.8. The zero-order valence-corrected chi connectivity index (χ0v) is 20.3. The SMILES string of the molecule is CC.O=C(C1CCS(=O)(=O)CC1)N1CCN(c2ncc(C(F)(F)F)cn2)CC1c1ccccc1F. The van der Waals surface area contributed by atoms with Crippen molar-refractivity contribution in [3.05, 3.63) is 53.6 Å². The number of halogens is 4. The molecule has 35 heavy (non-hydrogen) atoms. The number of sulfone groups is 1. The van der Waals surface area contributed by atoms with E-state index in [4.69, 9.17) is 0 Å². The van der Waals surface area contributed by atoms with E-state index in [2.05, 4.69) is 9.97 Å². The van der Waals surface area contributed by atoms with Gasteiger partial charge in [-0.25, -0.2) is 22.8 Å². The maximum Gasteiger partial charge on any atom is 0.419 e. The van der Waals surface area contributed by atoms with Gasteiger partial charge in [0.25, 0.3) is 0 Å². The molecule has 0 radical (unpaired) electrons. The van der Waals surface area contributed by atoms with Crippen LogP contribution in [0.3, 0.4) is 0 Å². The van der Waals surface area contributed by atoms with E-state index in [1.165, 1.54) is 12.1 Å². The number of piperazine rings is 1. The van der Waals surface area contributed by atoms with E-state index >= 15 is 0 Å². The first-order chi connectivity index (χ1) is 16.5. The number of amides is 1. The Balaban J connectivity index is 0.00000167. The molecule has 1 atom stereocenters. The Morgan fingerprint density at radius 1 is 1.03 bits per heavy atom. The van der Waals surface area contributed by atoms with Crippen molar-refractivity contribution in [3.8, 4) is 0 Å². The molecule has 2 aliphatic heterocycles. The summed E-state index contributed by atoms with van der Waals surface area (Å²) < 4.78 is 76.7. The Kier molecular flexibility index (Phi) is 8.34. The van der Waals surface area contributed by atoms with Gasteiger partial charge in [0.05, 0.1) is 23.1 Å². The Hall–Kier alpha value is -2.76. The Morgan fingerprint density at radius 3 is 2.20 bits per heavy atom. The van der Waals surface area contributed by atoms with E-state index in [0.29, 0.717) is 12.4 Å². The number of anilines is 1. The number of hydrogen-bond acceptors (Lipinski definition) is 6. The fraction of sp³-hybridized carbons (Fsp3) is 0.522. The highest BCUT2D eigenvalue weighted by molar-refractivity contribution is 7.91. The fourth-order valence-corrected chi connectivity index (χ4v) is 5.73. The Bertz CT molecular complexity index is 1110. The summed E-state index contributed by atoms with van der Waals surface area (Å²) in [6.45, 7) is 4.50. The average Bonchev–Trinajstić information content (AvgIpc) is 2.84. The summed E-state index contributed by atoms with van der Waals surface area (Å²) in [5, 5.41) is 0. The molecule has 2 fully saturated rings. The molecule has 2 aromatic rings. The molecule has 0 saturated carbocycles. The van der Waals surface area contributed by atoms with Gasteiger partial charge in [0, 0.05) is 43.5 Å². The van der Waals surface area contributed by atoms with Crippen LogP contribution in [-0.4, -0.2) is 60.3 Å². The number of aromatic nitrogens is 2. The van der Waals surface area contributed by atoms with Crippen molar-refractivity contribution in [2.45, 2.75) is 38.9 Å². The van der Waals surface area contributed by atoms with Crippen molar-refractivity contribution in [3.63, 3.8) is 0 Å². The molecule has 1 amide bonds. The summed E-state index contributed by atoms with van der Waals surface area (Å²) in [5.74, 6) is -1.30. The van der Waals surface area contributed by atoms with Gasteiger partial charge in [-0.05, 0) is 18.9 Å². The van der Waals surface area contributed by atoms with Gasteiger partial charge in [0.1, 0.15) is 15.7 Å². The van der Waals surface area contributed by atoms with E-state index in [9.17, 15) is 30.8 Å². The van der Waals surface area contributed by atoms with Crippen LogP contribution in [0.25, 0.3) is 0 Å². The molecule has 2 saturated heterocycles. The van der Waals surface area contributed by atoms with Gasteiger partial charge in [0.2, 0.25) is 11.9 Å². The van der Waals surface area contributed by atoms with Gasteiger partial charge in [-0.3, -0.25) is 4.79 Å². The predicted molar refractivity (Wildman–Crippen MR) is 123 cm³/mol. The molecule has 7 nitrogen and oxygen atoms in total. The second-order valence-corrected chi connectivity index (χ2v) is 10.5. The third kappa shape index (κ3) is 6.28. The average molecular weight is 517 g/mol. The molecule has 1 aromatic carbocycles. The van der Waals surface area contributed by atoms with E-state index in [-0.39, 0.29) is 61.4 Å². The summed E-state index contributed by atoms with van der Waals surface area (Å²) >= 11 is 0. The van der Waals surface area contributed by atoms with Crippen molar-refractivity contribution < 1.29 is 30.8 Å². The van der Waals surface area contributed by atoms with Crippen molar-refractivity contribution in [2.24, 2.45) is 5.92 Å². The molecular weight excluding hydrogens is 488 g/mol. The number of nitrogens with zero attached hydrogens (tertiary/aromatic N) is 4. The Morgan fingerprint density at radius 2 is 1.63 bits per heavy atom. The van der Waals surface area contributed by atoms with Gasteiger partial charge < -0.3 is 9.80 Å². The molecule has 0 bridgehead atoms. The van der Waals surface area contributed by atoms with Crippen LogP contribution >= 0.6 is 0 Å². The molecule has 0 spiro atoms. The molecule has 192 valence electrons. The monoisotopic (exact) mass is 516 g/mol. The van der Waals surface area contributed by atoms with Crippen molar-refractivity contribution in [1.29, 1.82) is 0 Å². The summed E-state index contributed by atoms with van der Waals surface area (Å²) in [7, 11) is -3.15. The second-order valence-electron chi connectivity index (χ2n) is 8.21. The quantitative estimate of drug-likeness (QED) is 0.576. The number of rotatable bonds is 3. The summed E-state index contributed by atoms with van der Waals surface area (Å²) in [4.78, 5) is 24.1. The van der Waals surface area contributed by atoms with E-state index in [0.717, 1.165) is 0 Å². The van der Waals surface area contributed by atoms with Crippen LogP contribution in [0.15, 0.2) is 36.7 Å². The van der Waals surface area contributed by atoms with E-state index < -0.39 is 39.4 Å². The fourth-order valence-electron chi connectivity index (χ4n) is 4.24. The second kappa shape index (κ2) is 10.9. The van der Waals surface area contributed by atoms with Crippen LogP contribution in [0.2, 0.25) is 0 Å². The first kappa shape index (κ1) is 26.8. The molecule has 1 unspecified atom stereocenters. The maximum atomic E-state index is 14.7. The topological polar surface area (TPSA) is 83.5 Å². The predicted octanol–water partition coefficient (Wildman–Crippen LogP) is 3.88. The summed E-state index contributed by atoms with van der Waals surface area (Å²) in [6.07, 6.45) is -2.74. The highest BCUT2D eigenvalue weighted by Crippen LogP contribution is 2.33. The molecular formula is C23H28F4N4O3S.